The molecule has 4 aromatic rings. The van der Waals surface area contributed by atoms with Gasteiger partial charge in [-0.3, -0.25) is 9.69 Å². The van der Waals surface area contributed by atoms with Gasteiger partial charge in [0.1, 0.15) is 0 Å². The summed E-state index contributed by atoms with van der Waals surface area (Å²) in [6.07, 6.45) is 9.07. The van der Waals surface area contributed by atoms with Gasteiger partial charge in [-0.05, 0) is 53.3 Å². The van der Waals surface area contributed by atoms with Crippen LogP contribution in [0.25, 0.3) is 28.1 Å². The van der Waals surface area contributed by atoms with Crippen molar-refractivity contribution in [2.24, 2.45) is 0 Å². The first kappa shape index (κ1) is 26.1. The smallest absolute Gasteiger partial charge is 0.159 e. The van der Waals surface area contributed by atoms with Gasteiger partial charge in [0.25, 0.3) is 0 Å². The predicted molar refractivity (Wildman–Crippen MR) is 163 cm³/mol. The van der Waals surface area contributed by atoms with Crippen LogP contribution in [0.3, 0.4) is 0 Å². The van der Waals surface area contributed by atoms with E-state index < -0.39 is 0 Å². The summed E-state index contributed by atoms with van der Waals surface area (Å²) in [5, 5.41) is 3.34. The molecule has 1 aromatic heterocycles. The Morgan fingerprint density at radius 1 is 0.825 bits per heavy atom. The quantitative estimate of drug-likeness (QED) is 0.310. The maximum absolute atomic E-state index is 11.7. The number of benzene rings is 3. The van der Waals surface area contributed by atoms with Crippen LogP contribution in [0.1, 0.15) is 27.9 Å². The highest BCUT2D eigenvalue weighted by Gasteiger charge is 2.18. The van der Waals surface area contributed by atoms with Gasteiger partial charge in [0.15, 0.2) is 12.1 Å². The molecule has 0 saturated carbocycles. The van der Waals surface area contributed by atoms with Crippen LogP contribution in [0.2, 0.25) is 0 Å². The minimum atomic E-state index is 0.730. The fourth-order valence-electron chi connectivity index (χ4n) is 5.59. The van der Waals surface area contributed by atoms with Crippen molar-refractivity contribution in [2.75, 3.05) is 50.7 Å². The van der Waals surface area contributed by atoms with E-state index in [9.17, 15) is 4.79 Å². The van der Waals surface area contributed by atoms with Crippen molar-refractivity contribution in [2.45, 2.75) is 12.8 Å². The van der Waals surface area contributed by atoms with E-state index in [0.717, 1.165) is 104 Å². The lowest BCUT2D eigenvalue weighted by Gasteiger charge is -2.35. The van der Waals surface area contributed by atoms with Crippen molar-refractivity contribution < 1.29 is 4.79 Å². The highest BCUT2D eigenvalue weighted by molar-refractivity contribution is 5.88. The monoisotopic (exact) mass is 529 g/mol. The summed E-state index contributed by atoms with van der Waals surface area (Å²) in [7, 11) is 0. The Bertz CT molecular complexity index is 1460. The van der Waals surface area contributed by atoms with Crippen LogP contribution in [0, 0.1) is 0 Å². The van der Waals surface area contributed by atoms with Gasteiger partial charge in [-0.15, -0.1) is 0 Å². The molecule has 3 heterocycles. The van der Waals surface area contributed by atoms with E-state index in [2.05, 4.69) is 81.9 Å². The number of rotatable bonds is 8. The Balaban J connectivity index is 1.08. The lowest BCUT2D eigenvalue weighted by molar-refractivity contribution is 0.112. The van der Waals surface area contributed by atoms with Crippen LogP contribution >= 0.6 is 0 Å². The summed E-state index contributed by atoms with van der Waals surface area (Å²) < 4.78 is 0. The van der Waals surface area contributed by atoms with E-state index in [4.69, 9.17) is 9.97 Å². The summed E-state index contributed by atoms with van der Waals surface area (Å²) in [5.41, 5.74) is 8.71. The highest BCUT2D eigenvalue weighted by atomic mass is 16.1. The maximum Gasteiger partial charge on any atom is 0.159 e. The molecule has 6 heteroatoms. The van der Waals surface area contributed by atoms with Crippen molar-refractivity contribution in [3.05, 3.63) is 108 Å². The average molecular weight is 530 g/mol. The molecule has 0 aliphatic carbocycles. The van der Waals surface area contributed by atoms with Crippen LogP contribution in [-0.4, -0.2) is 67.0 Å². The molecule has 6 nitrogen and oxygen atoms in total. The zero-order valence-electron chi connectivity index (χ0n) is 22.8. The third kappa shape index (κ3) is 6.03. The van der Waals surface area contributed by atoms with Crippen molar-refractivity contribution in [3.63, 3.8) is 0 Å². The first-order valence-electron chi connectivity index (χ1n) is 14.2. The predicted octanol–water partition coefficient (Wildman–Crippen LogP) is 5.36. The molecule has 2 aliphatic heterocycles. The second kappa shape index (κ2) is 12.4. The Morgan fingerprint density at radius 3 is 2.25 bits per heavy atom. The molecule has 202 valence electrons. The number of hydrogen-bond acceptors (Lipinski definition) is 6. The largest absolute Gasteiger partial charge is 0.366 e. The second-order valence-corrected chi connectivity index (χ2v) is 10.5. The average Bonchev–Trinajstić information content (AvgIpc) is 3.05. The van der Waals surface area contributed by atoms with Gasteiger partial charge in [-0.1, -0.05) is 72.8 Å². The van der Waals surface area contributed by atoms with Crippen LogP contribution in [0.15, 0.2) is 91.3 Å². The Labute approximate surface area is 236 Å². The van der Waals surface area contributed by atoms with Crippen molar-refractivity contribution in [1.29, 1.82) is 0 Å². The van der Waals surface area contributed by atoms with Crippen molar-refractivity contribution >= 4 is 17.5 Å². The molecule has 40 heavy (non-hydrogen) atoms. The molecular weight excluding hydrogens is 494 g/mol. The third-order valence-electron chi connectivity index (χ3n) is 8.00. The molecule has 0 radical (unpaired) electrons. The Kier molecular flexibility index (Phi) is 8.07. The van der Waals surface area contributed by atoms with Gasteiger partial charge in [-0.25, -0.2) is 9.97 Å². The lowest BCUT2D eigenvalue weighted by Crippen LogP contribution is -2.47. The fraction of sp³-hybridized carbons (Fsp3) is 0.265. The molecule has 0 unspecified atom stereocenters. The van der Waals surface area contributed by atoms with Crippen LogP contribution < -0.4 is 10.2 Å². The zero-order valence-corrected chi connectivity index (χ0v) is 22.8. The number of nitrogens with one attached hydrogen (secondary N) is 1. The summed E-state index contributed by atoms with van der Waals surface area (Å²) in [6, 6.07) is 25.2. The summed E-state index contributed by atoms with van der Waals surface area (Å²) in [5.74, 6) is 0.730. The highest BCUT2D eigenvalue weighted by Crippen LogP contribution is 2.30. The van der Waals surface area contributed by atoms with Gasteiger partial charge < -0.3 is 10.2 Å². The molecule has 3 aromatic carbocycles. The van der Waals surface area contributed by atoms with Gasteiger partial charge in [0, 0.05) is 50.4 Å². The van der Waals surface area contributed by atoms with Crippen molar-refractivity contribution in [3.8, 4) is 22.5 Å². The first-order valence-corrected chi connectivity index (χ1v) is 14.2. The van der Waals surface area contributed by atoms with Gasteiger partial charge in [0.2, 0.25) is 0 Å². The number of aldehydes is 1. The van der Waals surface area contributed by atoms with E-state index in [1.807, 2.05) is 24.5 Å². The minimum Gasteiger partial charge on any atom is -0.366 e. The third-order valence-corrected chi connectivity index (χ3v) is 8.00. The van der Waals surface area contributed by atoms with Gasteiger partial charge in [-0.2, -0.15) is 0 Å². The molecule has 1 saturated heterocycles. The summed E-state index contributed by atoms with van der Waals surface area (Å²) in [6.45, 7) is 6.97. The van der Waals surface area contributed by atoms with Gasteiger partial charge in [0.05, 0.1) is 18.1 Å². The van der Waals surface area contributed by atoms with E-state index in [1.54, 1.807) is 0 Å². The van der Waals surface area contributed by atoms with E-state index in [1.165, 1.54) is 11.1 Å². The second-order valence-electron chi connectivity index (χ2n) is 10.5. The Hall–Kier alpha value is -4.13. The molecule has 0 bridgehead atoms. The number of piperazine rings is 1. The maximum atomic E-state index is 11.7. The molecule has 2 aliphatic rings. The number of carbonyl (C=O) groups is 1. The molecule has 1 fully saturated rings. The summed E-state index contributed by atoms with van der Waals surface area (Å²) >= 11 is 0. The fourth-order valence-corrected chi connectivity index (χ4v) is 5.59. The van der Waals surface area contributed by atoms with Crippen LogP contribution in [-0.2, 0) is 6.42 Å². The molecule has 6 rings (SSSR count). The number of anilines is 1. The lowest BCUT2D eigenvalue weighted by atomic mass is 9.92. The number of aromatic nitrogens is 2. The topological polar surface area (TPSA) is 61.4 Å². The summed E-state index contributed by atoms with van der Waals surface area (Å²) in [4.78, 5) is 26.0. The van der Waals surface area contributed by atoms with E-state index in [-0.39, 0.29) is 0 Å². The van der Waals surface area contributed by atoms with Gasteiger partial charge >= 0.3 is 0 Å². The zero-order chi connectivity index (χ0) is 27.1. The molecule has 1 N–H and O–H groups in total. The minimum absolute atomic E-state index is 0.730. The number of nitrogens with zero attached hydrogens (tertiary/aromatic N) is 4. The molecular formula is C34H35N5O. The molecule has 0 amide bonds. The number of hydrogen-bond donors (Lipinski definition) is 1. The molecule has 0 spiro atoms. The van der Waals surface area contributed by atoms with E-state index >= 15 is 0 Å². The SMILES string of the molecule is O=Cc1ccc(-c2ccc(-c3ncc(N4CCN(CCc5ccccc5)CC4)cn3)cc2)cc1C1=CCNCC1. The van der Waals surface area contributed by atoms with Crippen molar-refractivity contribution in [1.82, 2.24) is 20.2 Å². The van der Waals surface area contributed by atoms with Crippen LogP contribution in [0.4, 0.5) is 5.69 Å². The Morgan fingerprint density at radius 2 is 1.55 bits per heavy atom. The van der Waals surface area contributed by atoms with Crippen LogP contribution in [0.5, 0.6) is 0 Å². The normalized spacial score (nSPS) is 16.0. The standard InChI is InChI=1S/C34H35N5O/c40-25-31-11-10-30(22-33(31)28-12-15-35-16-13-28)27-6-8-29(9-7-27)34-36-23-32(24-37-34)39-20-18-38(19-21-39)17-14-26-4-2-1-3-5-26/h1-12,22-25,35H,13-21H2. The van der Waals surface area contributed by atoms with E-state index in [0.29, 0.717) is 0 Å². The number of carbonyl (C=O) groups excluding carboxylic acids is 1. The molecule has 0 atom stereocenters. The first-order chi connectivity index (χ1) is 19.8.